The molecule has 15 heavy (non-hydrogen) atoms. The van der Waals surface area contributed by atoms with Crippen LogP contribution in [0.3, 0.4) is 0 Å². The Morgan fingerprint density at radius 2 is 2.47 bits per heavy atom. The summed E-state index contributed by atoms with van der Waals surface area (Å²) in [6, 6.07) is -1.34. The number of nitrogens with one attached hydrogen (secondary N) is 1. The van der Waals surface area contributed by atoms with Crippen molar-refractivity contribution >= 4 is 28.3 Å². The molecule has 82 valence electrons. The van der Waals surface area contributed by atoms with Crippen molar-refractivity contribution in [1.29, 1.82) is 0 Å². The van der Waals surface area contributed by atoms with Gasteiger partial charge in [-0.3, -0.25) is 10.1 Å². The maximum absolute atomic E-state index is 11.3. The quantitative estimate of drug-likeness (QED) is 0.526. The Morgan fingerprint density at radius 3 is 3.00 bits per heavy atom. The maximum atomic E-state index is 11.3. The number of amides is 1. The lowest BCUT2D eigenvalue weighted by atomic mass is 10.3. The summed E-state index contributed by atoms with van der Waals surface area (Å²) in [7, 11) is 0. The summed E-state index contributed by atoms with van der Waals surface area (Å²) in [6.45, 7) is 1.81. The van der Waals surface area contributed by atoms with Crippen LogP contribution in [-0.2, 0) is 14.3 Å². The molecular formula is C7H10N4O3S. The van der Waals surface area contributed by atoms with Crippen molar-refractivity contribution in [2.75, 3.05) is 11.9 Å². The highest BCUT2D eigenvalue weighted by molar-refractivity contribution is 7.13. The number of carbonyl (C=O) groups excluding carboxylic acids is 2. The Balaban J connectivity index is 2.50. The van der Waals surface area contributed by atoms with E-state index in [0.29, 0.717) is 5.13 Å². The topological polar surface area (TPSA) is 107 Å². The lowest BCUT2D eigenvalue weighted by Gasteiger charge is -2.08. The minimum Gasteiger partial charge on any atom is -0.464 e. The lowest BCUT2D eigenvalue weighted by Crippen LogP contribution is -2.43. The van der Waals surface area contributed by atoms with Gasteiger partial charge in [-0.2, -0.15) is 0 Å². The third-order valence-electron chi connectivity index (χ3n) is 1.41. The molecule has 0 saturated heterocycles. The smallest absolute Gasteiger partial charge is 0.332 e. The highest BCUT2D eigenvalue weighted by Gasteiger charge is 2.23. The molecular weight excluding hydrogens is 220 g/mol. The van der Waals surface area contributed by atoms with E-state index in [1.54, 1.807) is 6.92 Å². The van der Waals surface area contributed by atoms with Gasteiger partial charge in [0.25, 0.3) is 5.91 Å². The number of hydrogen-bond acceptors (Lipinski definition) is 7. The zero-order valence-corrected chi connectivity index (χ0v) is 8.78. The first-order valence-electron chi connectivity index (χ1n) is 4.14. The summed E-state index contributed by atoms with van der Waals surface area (Å²) in [5.41, 5.74) is 6.78. The number of rotatable bonds is 4. The molecule has 0 bridgehead atoms. The predicted octanol–water partition coefficient (Wildman–Crippen LogP) is -0.633. The summed E-state index contributed by atoms with van der Waals surface area (Å²) in [5, 5.41) is 9.72. The second-order valence-electron chi connectivity index (χ2n) is 2.46. The molecule has 0 fully saturated rings. The van der Waals surface area contributed by atoms with Gasteiger partial charge in [0, 0.05) is 0 Å². The standard InChI is InChI=1S/C7H10N4O3S/c1-2-14-6(13)4(8)5(12)10-7-11-9-3-15-7/h3-4H,2,8H2,1H3,(H,10,11,12). The number of hydrogen-bond donors (Lipinski definition) is 2. The summed E-state index contributed by atoms with van der Waals surface area (Å²) >= 11 is 1.13. The van der Waals surface area contributed by atoms with Crippen LogP contribution in [0.5, 0.6) is 0 Å². The summed E-state index contributed by atoms with van der Waals surface area (Å²) < 4.78 is 4.59. The van der Waals surface area contributed by atoms with E-state index < -0.39 is 17.9 Å². The van der Waals surface area contributed by atoms with Gasteiger partial charge in [-0.15, -0.1) is 10.2 Å². The number of nitrogens with two attached hydrogens (primary N) is 1. The molecule has 0 saturated carbocycles. The van der Waals surface area contributed by atoms with Gasteiger partial charge in [-0.05, 0) is 6.92 Å². The monoisotopic (exact) mass is 230 g/mol. The molecule has 0 aliphatic heterocycles. The molecule has 0 aromatic carbocycles. The molecule has 7 nitrogen and oxygen atoms in total. The van der Waals surface area contributed by atoms with Crippen molar-refractivity contribution in [1.82, 2.24) is 10.2 Å². The van der Waals surface area contributed by atoms with Gasteiger partial charge in [0.05, 0.1) is 6.61 Å². The van der Waals surface area contributed by atoms with Crippen LogP contribution >= 0.6 is 11.3 Å². The van der Waals surface area contributed by atoms with E-state index in [-0.39, 0.29) is 6.61 Å². The van der Waals surface area contributed by atoms with Crippen LogP contribution in [0, 0.1) is 0 Å². The SMILES string of the molecule is CCOC(=O)C(N)C(=O)Nc1nncs1. The van der Waals surface area contributed by atoms with Gasteiger partial charge in [0.15, 0.2) is 6.04 Å². The Bertz CT molecular complexity index is 340. The molecule has 0 radical (unpaired) electrons. The van der Waals surface area contributed by atoms with Crippen molar-refractivity contribution in [3.05, 3.63) is 5.51 Å². The fraction of sp³-hybridized carbons (Fsp3) is 0.429. The van der Waals surface area contributed by atoms with E-state index in [0.717, 1.165) is 11.3 Å². The molecule has 0 spiro atoms. The van der Waals surface area contributed by atoms with Gasteiger partial charge in [-0.25, -0.2) is 4.79 Å². The van der Waals surface area contributed by atoms with Crippen molar-refractivity contribution in [3.8, 4) is 0 Å². The van der Waals surface area contributed by atoms with E-state index in [9.17, 15) is 9.59 Å². The van der Waals surface area contributed by atoms with Crippen LogP contribution in [0.1, 0.15) is 6.92 Å². The van der Waals surface area contributed by atoms with E-state index >= 15 is 0 Å². The van der Waals surface area contributed by atoms with Gasteiger partial charge in [0.2, 0.25) is 5.13 Å². The molecule has 0 aliphatic rings. The normalized spacial score (nSPS) is 11.9. The molecule has 1 aromatic heterocycles. The van der Waals surface area contributed by atoms with Crippen molar-refractivity contribution in [2.24, 2.45) is 5.73 Å². The van der Waals surface area contributed by atoms with E-state index in [4.69, 9.17) is 5.73 Å². The van der Waals surface area contributed by atoms with Crippen LogP contribution in [0.2, 0.25) is 0 Å². The van der Waals surface area contributed by atoms with Crippen LogP contribution in [0.4, 0.5) is 5.13 Å². The second-order valence-corrected chi connectivity index (χ2v) is 3.30. The van der Waals surface area contributed by atoms with Crippen molar-refractivity contribution in [3.63, 3.8) is 0 Å². The molecule has 3 N–H and O–H groups in total. The summed E-state index contributed by atoms with van der Waals surface area (Å²) in [4.78, 5) is 22.4. The molecule has 8 heteroatoms. The van der Waals surface area contributed by atoms with Crippen LogP contribution in [-0.4, -0.2) is 34.7 Å². The zero-order valence-electron chi connectivity index (χ0n) is 7.97. The summed E-state index contributed by atoms with van der Waals surface area (Å²) in [6.07, 6.45) is 0. The van der Waals surface area contributed by atoms with Crippen LogP contribution in [0.25, 0.3) is 0 Å². The van der Waals surface area contributed by atoms with Gasteiger partial charge < -0.3 is 10.5 Å². The van der Waals surface area contributed by atoms with E-state index in [1.807, 2.05) is 0 Å². The molecule has 1 amide bonds. The third kappa shape index (κ3) is 3.26. The van der Waals surface area contributed by atoms with Crippen molar-refractivity contribution < 1.29 is 14.3 Å². The second kappa shape index (κ2) is 5.37. The summed E-state index contributed by atoms with van der Waals surface area (Å²) in [5.74, 6) is -1.43. The third-order valence-corrected chi connectivity index (χ3v) is 2.02. The minimum atomic E-state index is -1.34. The largest absolute Gasteiger partial charge is 0.464 e. The van der Waals surface area contributed by atoms with Crippen LogP contribution < -0.4 is 11.1 Å². The Labute approximate surface area is 89.6 Å². The lowest BCUT2D eigenvalue weighted by molar-refractivity contribution is -0.146. The first-order chi connectivity index (χ1) is 7.15. The highest BCUT2D eigenvalue weighted by atomic mass is 32.1. The van der Waals surface area contributed by atoms with E-state index in [2.05, 4.69) is 20.3 Å². The van der Waals surface area contributed by atoms with E-state index in [1.165, 1.54) is 5.51 Å². The molecule has 1 unspecified atom stereocenters. The molecule has 1 aromatic rings. The first-order valence-corrected chi connectivity index (χ1v) is 5.02. The van der Waals surface area contributed by atoms with Crippen LogP contribution in [0.15, 0.2) is 5.51 Å². The fourth-order valence-corrected chi connectivity index (χ4v) is 1.20. The van der Waals surface area contributed by atoms with Gasteiger partial charge >= 0.3 is 5.97 Å². The Kier molecular flexibility index (Phi) is 4.13. The predicted molar refractivity (Wildman–Crippen MR) is 53.1 cm³/mol. The molecule has 0 aliphatic carbocycles. The number of esters is 1. The van der Waals surface area contributed by atoms with Gasteiger partial charge in [-0.1, -0.05) is 11.3 Å². The first kappa shape index (κ1) is 11.5. The highest BCUT2D eigenvalue weighted by Crippen LogP contribution is 2.07. The average molecular weight is 230 g/mol. The number of carbonyl (C=O) groups is 2. The minimum absolute atomic E-state index is 0.179. The number of aromatic nitrogens is 2. The van der Waals surface area contributed by atoms with Gasteiger partial charge in [0.1, 0.15) is 5.51 Å². The molecule has 1 heterocycles. The average Bonchev–Trinajstić information content (AvgIpc) is 2.69. The maximum Gasteiger partial charge on any atom is 0.332 e. The van der Waals surface area contributed by atoms with Crippen molar-refractivity contribution in [2.45, 2.75) is 13.0 Å². The number of nitrogens with zero attached hydrogens (tertiary/aromatic N) is 2. The number of anilines is 1. The number of ether oxygens (including phenoxy) is 1. The Morgan fingerprint density at radius 1 is 1.73 bits per heavy atom. The molecule has 1 atom stereocenters. The molecule has 1 rings (SSSR count). The zero-order chi connectivity index (χ0) is 11.3. The fourth-order valence-electron chi connectivity index (χ4n) is 0.750. The Hall–Kier alpha value is -1.54.